The molecule has 1 heterocycles. The van der Waals surface area contributed by atoms with Gasteiger partial charge < -0.3 is 9.26 Å². The van der Waals surface area contributed by atoms with Gasteiger partial charge in [0.15, 0.2) is 12.4 Å². The lowest BCUT2D eigenvalue weighted by atomic mass is 10.1. The van der Waals surface area contributed by atoms with Crippen LogP contribution in [0.3, 0.4) is 0 Å². The van der Waals surface area contributed by atoms with E-state index in [9.17, 15) is 13.2 Å². The molecule has 0 fully saturated rings. The summed E-state index contributed by atoms with van der Waals surface area (Å²) in [7, 11) is -3.83. The zero-order chi connectivity index (χ0) is 20.1. The molecule has 0 amide bonds. The van der Waals surface area contributed by atoms with E-state index in [0.717, 1.165) is 5.56 Å². The molecule has 2 aromatic carbocycles. The van der Waals surface area contributed by atoms with Crippen LogP contribution in [0.15, 0.2) is 64.0 Å². The Morgan fingerprint density at radius 2 is 1.93 bits per heavy atom. The van der Waals surface area contributed by atoms with E-state index in [1.807, 2.05) is 30.3 Å². The monoisotopic (exact) mass is 401 g/mol. The van der Waals surface area contributed by atoms with Crippen molar-refractivity contribution in [2.24, 2.45) is 0 Å². The second-order valence-electron chi connectivity index (χ2n) is 6.09. The molecule has 28 heavy (non-hydrogen) atoms. The average Bonchev–Trinajstić information content (AvgIpc) is 3.12. The van der Waals surface area contributed by atoms with Gasteiger partial charge in [-0.25, -0.2) is 17.9 Å². The minimum atomic E-state index is -3.83. The number of ether oxygens (including phenoxy) is 1. The van der Waals surface area contributed by atoms with Crippen LogP contribution in [0, 0.1) is 6.92 Å². The summed E-state index contributed by atoms with van der Waals surface area (Å²) in [5, 5.41) is 3.60. The average molecular weight is 401 g/mol. The number of aryl methyl sites for hydroxylation is 1. The molecule has 3 rings (SSSR count). The van der Waals surface area contributed by atoms with E-state index in [-0.39, 0.29) is 23.0 Å². The molecule has 0 spiro atoms. The highest BCUT2D eigenvalue weighted by molar-refractivity contribution is 7.89. The first-order chi connectivity index (χ1) is 13.3. The van der Waals surface area contributed by atoms with E-state index in [4.69, 9.17) is 9.26 Å². The molecule has 1 unspecified atom stereocenters. The van der Waals surface area contributed by atoms with Gasteiger partial charge in [-0.2, -0.15) is 4.98 Å². The maximum Gasteiger partial charge on any atom is 0.338 e. The fourth-order valence-corrected chi connectivity index (χ4v) is 3.79. The van der Waals surface area contributed by atoms with Crippen LogP contribution in [0.1, 0.15) is 40.6 Å². The molecule has 8 nitrogen and oxygen atoms in total. The molecule has 0 bridgehead atoms. The Morgan fingerprint density at radius 1 is 1.18 bits per heavy atom. The zero-order valence-corrected chi connectivity index (χ0v) is 16.1. The van der Waals surface area contributed by atoms with Crippen molar-refractivity contribution in [1.29, 1.82) is 0 Å². The number of benzene rings is 2. The zero-order valence-electron chi connectivity index (χ0n) is 15.3. The Labute approximate surface area is 162 Å². The third-order valence-corrected chi connectivity index (χ3v) is 5.45. The number of esters is 1. The van der Waals surface area contributed by atoms with Crippen molar-refractivity contribution >= 4 is 16.0 Å². The minimum absolute atomic E-state index is 0.0293. The molecule has 0 aliphatic heterocycles. The Kier molecular flexibility index (Phi) is 5.86. The van der Waals surface area contributed by atoms with Crippen molar-refractivity contribution in [3.8, 4) is 0 Å². The number of carbonyl (C=O) groups is 1. The maximum atomic E-state index is 12.7. The van der Waals surface area contributed by atoms with E-state index in [1.54, 1.807) is 13.8 Å². The van der Waals surface area contributed by atoms with Crippen LogP contribution >= 0.6 is 0 Å². The molecule has 1 N–H and O–H groups in total. The molecule has 0 saturated heterocycles. The first kappa shape index (κ1) is 19.7. The first-order valence-corrected chi connectivity index (χ1v) is 9.97. The largest absolute Gasteiger partial charge is 0.452 e. The molecule has 1 aromatic heterocycles. The standard InChI is InChI=1S/C19H19N3O5S/c1-13(15-7-4-3-5-8-15)22-28(24,25)17-10-6-9-16(11-17)19(23)26-12-18-20-14(2)21-27-18/h3-11,13,22H,12H2,1-2H3. The molecule has 0 saturated carbocycles. The number of nitrogens with one attached hydrogen (secondary N) is 1. The second kappa shape index (κ2) is 8.32. The van der Waals surface area contributed by atoms with Crippen molar-refractivity contribution in [3.05, 3.63) is 77.4 Å². The van der Waals surface area contributed by atoms with E-state index >= 15 is 0 Å². The van der Waals surface area contributed by atoms with Crippen molar-refractivity contribution in [2.75, 3.05) is 0 Å². The third kappa shape index (κ3) is 4.81. The van der Waals surface area contributed by atoms with Gasteiger partial charge in [-0.3, -0.25) is 0 Å². The topological polar surface area (TPSA) is 111 Å². The van der Waals surface area contributed by atoms with Gasteiger partial charge in [0.2, 0.25) is 10.0 Å². The number of hydrogen-bond donors (Lipinski definition) is 1. The predicted molar refractivity (Wildman–Crippen MR) is 99.8 cm³/mol. The summed E-state index contributed by atoms with van der Waals surface area (Å²) in [4.78, 5) is 16.1. The van der Waals surface area contributed by atoms with E-state index < -0.39 is 22.0 Å². The molecule has 0 aliphatic carbocycles. The fourth-order valence-electron chi connectivity index (χ4n) is 2.51. The highest BCUT2D eigenvalue weighted by atomic mass is 32.2. The molecule has 146 valence electrons. The van der Waals surface area contributed by atoms with Gasteiger partial charge in [-0.1, -0.05) is 41.6 Å². The fraction of sp³-hybridized carbons (Fsp3) is 0.211. The lowest BCUT2D eigenvalue weighted by Crippen LogP contribution is -2.27. The minimum Gasteiger partial charge on any atom is -0.452 e. The van der Waals surface area contributed by atoms with Gasteiger partial charge in [0.25, 0.3) is 5.89 Å². The van der Waals surface area contributed by atoms with Gasteiger partial charge in [0.1, 0.15) is 0 Å². The summed E-state index contributed by atoms with van der Waals surface area (Å²) in [6.45, 7) is 3.20. The molecule has 1 atom stereocenters. The van der Waals surface area contributed by atoms with Crippen LogP contribution in [0.4, 0.5) is 0 Å². The quantitative estimate of drug-likeness (QED) is 0.606. The van der Waals surface area contributed by atoms with Crippen LogP contribution in [0.2, 0.25) is 0 Å². The summed E-state index contributed by atoms with van der Waals surface area (Å²) in [5.41, 5.74) is 0.933. The summed E-state index contributed by atoms with van der Waals surface area (Å²) in [6.07, 6.45) is 0. The van der Waals surface area contributed by atoms with Crippen LogP contribution in [0.25, 0.3) is 0 Å². The molecular formula is C19H19N3O5S. The lowest BCUT2D eigenvalue weighted by Gasteiger charge is -2.15. The van der Waals surface area contributed by atoms with Crippen molar-refractivity contribution < 1.29 is 22.5 Å². The van der Waals surface area contributed by atoms with Gasteiger partial charge in [-0.05, 0) is 37.6 Å². The first-order valence-electron chi connectivity index (χ1n) is 8.49. The van der Waals surface area contributed by atoms with Crippen LogP contribution in [0.5, 0.6) is 0 Å². The van der Waals surface area contributed by atoms with Crippen LogP contribution < -0.4 is 4.72 Å². The normalized spacial score (nSPS) is 12.5. The summed E-state index contributed by atoms with van der Waals surface area (Å²) < 4.78 is 37.9. The van der Waals surface area contributed by atoms with Crippen molar-refractivity contribution in [1.82, 2.24) is 14.9 Å². The number of hydrogen-bond acceptors (Lipinski definition) is 7. The number of nitrogens with zero attached hydrogens (tertiary/aromatic N) is 2. The molecule has 3 aromatic rings. The summed E-state index contributed by atoms with van der Waals surface area (Å²) in [5.74, 6) is -0.102. The Balaban J connectivity index is 1.71. The lowest BCUT2D eigenvalue weighted by molar-refractivity contribution is 0.0429. The molecular weight excluding hydrogens is 382 g/mol. The van der Waals surface area contributed by atoms with Gasteiger partial charge in [0.05, 0.1) is 10.5 Å². The highest BCUT2D eigenvalue weighted by Gasteiger charge is 2.20. The van der Waals surface area contributed by atoms with Gasteiger partial charge in [0, 0.05) is 6.04 Å². The van der Waals surface area contributed by atoms with Crippen molar-refractivity contribution in [2.45, 2.75) is 31.4 Å². The Hall–Kier alpha value is -3.04. The van der Waals surface area contributed by atoms with Crippen LogP contribution in [-0.4, -0.2) is 24.5 Å². The summed E-state index contributed by atoms with van der Waals surface area (Å²) >= 11 is 0. The van der Waals surface area contributed by atoms with Gasteiger partial charge in [-0.15, -0.1) is 0 Å². The second-order valence-corrected chi connectivity index (χ2v) is 7.81. The molecule has 9 heteroatoms. The SMILES string of the molecule is Cc1noc(COC(=O)c2cccc(S(=O)(=O)NC(C)c3ccccc3)c2)n1. The van der Waals surface area contributed by atoms with Gasteiger partial charge >= 0.3 is 5.97 Å². The summed E-state index contributed by atoms with van der Waals surface area (Å²) in [6, 6.07) is 14.4. The Bertz CT molecular complexity index is 1060. The van der Waals surface area contributed by atoms with Crippen molar-refractivity contribution in [3.63, 3.8) is 0 Å². The number of carbonyl (C=O) groups excluding carboxylic acids is 1. The predicted octanol–water partition coefficient (Wildman–Crippen LogP) is 2.77. The molecule has 0 radical (unpaired) electrons. The van der Waals surface area contributed by atoms with E-state index in [0.29, 0.717) is 5.82 Å². The number of rotatable bonds is 7. The number of aromatic nitrogens is 2. The van der Waals surface area contributed by atoms with E-state index in [2.05, 4.69) is 14.9 Å². The van der Waals surface area contributed by atoms with E-state index in [1.165, 1.54) is 24.3 Å². The highest BCUT2D eigenvalue weighted by Crippen LogP contribution is 2.18. The number of sulfonamides is 1. The Morgan fingerprint density at radius 3 is 2.61 bits per heavy atom. The van der Waals surface area contributed by atoms with Crippen LogP contribution in [-0.2, 0) is 21.4 Å². The maximum absolute atomic E-state index is 12.7. The smallest absolute Gasteiger partial charge is 0.338 e. The third-order valence-electron chi connectivity index (χ3n) is 3.91. The molecule has 0 aliphatic rings.